The van der Waals surface area contributed by atoms with Gasteiger partial charge in [-0.1, -0.05) is 12.1 Å². The van der Waals surface area contributed by atoms with Crippen LogP contribution in [0.25, 0.3) is 0 Å². The minimum atomic E-state index is -0.927. The van der Waals surface area contributed by atoms with Gasteiger partial charge < -0.3 is 10.1 Å². The molecule has 0 aliphatic rings. The summed E-state index contributed by atoms with van der Waals surface area (Å²) in [5.74, 6) is -1.71. The number of nitrogens with one attached hydrogen (secondary N) is 1. The van der Waals surface area contributed by atoms with Crippen molar-refractivity contribution in [2.24, 2.45) is 0 Å². The highest BCUT2D eigenvalue weighted by Gasteiger charge is 2.19. The van der Waals surface area contributed by atoms with Gasteiger partial charge in [0.15, 0.2) is 6.61 Å². The van der Waals surface area contributed by atoms with Crippen molar-refractivity contribution in [3.05, 3.63) is 68.3 Å². The van der Waals surface area contributed by atoms with Crippen LogP contribution in [0.4, 0.5) is 17.1 Å². The summed E-state index contributed by atoms with van der Waals surface area (Å²) in [5, 5.41) is 24.2. The summed E-state index contributed by atoms with van der Waals surface area (Å²) in [5.41, 5.74) is -0.678. The number of hydrogen-bond acceptors (Lipinski definition) is 8. The zero-order valence-corrected chi connectivity index (χ0v) is 14.7. The third-order valence-corrected chi connectivity index (χ3v) is 4.11. The fourth-order valence-electron chi connectivity index (χ4n) is 2.10. The normalized spacial score (nSPS) is 10.1. The van der Waals surface area contributed by atoms with Gasteiger partial charge in [0.1, 0.15) is 5.69 Å². The number of carbonyl (C=O) groups excluding carboxylic acids is 2. The summed E-state index contributed by atoms with van der Waals surface area (Å²) in [6.45, 7) is -0.705. The molecule has 1 N–H and O–H groups in total. The summed E-state index contributed by atoms with van der Waals surface area (Å²) >= 11 is 1.15. The minimum absolute atomic E-state index is 0.0384. The van der Waals surface area contributed by atoms with Gasteiger partial charge in [0.2, 0.25) is 0 Å². The Labute approximate surface area is 156 Å². The van der Waals surface area contributed by atoms with Crippen molar-refractivity contribution < 1.29 is 24.2 Å². The molecule has 0 fully saturated rings. The highest BCUT2D eigenvalue weighted by molar-refractivity contribution is 7.98. The van der Waals surface area contributed by atoms with Crippen LogP contribution in [0.3, 0.4) is 0 Å². The van der Waals surface area contributed by atoms with Gasteiger partial charge in [-0.2, -0.15) is 0 Å². The van der Waals surface area contributed by atoms with E-state index < -0.39 is 28.3 Å². The second-order valence-electron chi connectivity index (χ2n) is 5.04. The van der Waals surface area contributed by atoms with Gasteiger partial charge >= 0.3 is 5.97 Å². The molecule has 0 spiro atoms. The molecular weight excluding hydrogens is 378 g/mol. The van der Waals surface area contributed by atoms with Gasteiger partial charge in [0.05, 0.1) is 20.3 Å². The maximum Gasteiger partial charge on any atom is 0.338 e. The number of nitro benzene ring substituents is 2. The van der Waals surface area contributed by atoms with Crippen molar-refractivity contribution in [3.63, 3.8) is 0 Å². The predicted molar refractivity (Wildman–Crippen MR) is 96.9 cm³/mol. The van der Waals surface area contributed by atoms with Gasteiger partial charge in [-0.15, -0.1) is 11.8 Å². The third kappa shape index (κ3) is 5.01. The molecule has 10 nitrogen and oxygen atoms in total. The van der Waals surface area contributed by atoms with Crippen LogP contribution >= 0.6 is 11.8 Å². The Kier molecular flexibility index (Phi) is 6.44. The van der Waals surface area contributed by atoms with Crippen molar-refractivity contribution in [2.45, 2.75) is 4.90 Å². The van der Waals surface area contributed by atoms with Crippen LogP contribution in [-0.4, -0.2) is 34.6 Å². The number of amides is 1. The lowest BCUT2D eigenvalue weighted by atomic mass is 10.2. The van der Waals surface area contributed by atoms with Crippen LogP contribution in [0, 0.1) is 20.2 Å². The molecule has 11 heteroatoms. The molecule has 0 saturated carbocycles. The molecule has 2 rings (SSSR count). The molecule has 27 heavy (non-hydrogen) atoms. The van der Waals surface area contributed by atoms with Crippen molar-refractivity contribution in [1.29, 1.82) is 0 Å². The SMILES string of the molecule is CSc1ccc(C(=O)OCC(=O)Nc2ccccc2[N+](=O)[O-])cc1[N+](=O)[O-]. The monoisotopic (exact) mass is 391 g/mol. The predicted octanol–water partition coefficient (Wildman–Crippen LogP) is 3.02. The van der Waals surface area contributed by atoms with E-state index in [2.05, 4.69) is 5.32 Å². The van der Waals surface area contributed by atoms with Crippen LogP contribution in [0.15, 0.2) is 47.4 Å². The van der Waals surface area contributed by atoms with Crippen molar-refractivity contribution >= 4 is 40.7 Å². The number of nitro groups is 2. The minimum Gasteiger partial charge on any atom is -0.452 e. The van der Waals surface area contributed by atoms with Crippen LogP contribution in [0.1, 0.15) is 10.4 Å². The second kappa shape index (κ2) is 8.76. The number of thioether (sulfide) groups is 1. The Morgan fingerprint density at radius 2 is 1.74 bits per heavy atom. The van der Waals surface area contributed by atoms with E-state index in [0.717, 1.165) is 17.8 Å². The molecule has 0 heterocycles. The van der Waals surface area contributed by atoms with Crippen molar-refractivity contribution in [2.75, 3.05) is 18.2 Å². The molecule has 0 aromatic heterocycles. The first-order valence-electron chi connectivity index (χ1n) is 7.36. The number of benzene rings is 2. The van der Waals surface area contributed by atoms with Crippen LogP contribution < -0.4 is 5.32 Å². The summed E-state index contributed by atoms with van der Waals surface area (Å²) in [7, 11) is 0. The van der Waals surface area contributed by atoms with Gasteiger partial charge in [-0.3, -0.25) is 25.0 Å². The average Bonchev–Trinajstić information content (AvgIpc) is 2.65. The summed E-state index contributed by atoms with van der Waals surface area (Å²) in [4.78, 5) is 44.9. The first kappa shape index (κ1) is 19.8. The molecule has 0 atom stereocenters. The molecule has 0 saturated heterocycles. The molecular formula is C16H13N3O7S. The van der Waals surface area contributed by atoms with Crippen LogP contribution in [0.5, 0.6) is 0 Å². The average molecular weight is 391 g/mol. The third-order valence-electron chi connectivity index (χ3n) is 3.32. The molecule has 2 aromatic carbocycles. The maximum absolute atomic E-state index is 12.0. The fraction of sp³-hybridized carbons (Fsp3) is 0.125. The molecule has 0 radical (unpaired) electrons. The Morgan fingerprint density at radius 1 is 1.07 bits per heavy atom. The number of carbonyl (C=O) groups is 2. The first-order valence-corrected chi connectivity index (χ1v) is 8.58. The standard InChI is InChI=1S/C16H13N3O7S/c1-27-14-7-6-10(8-13(14)19(24)25)16(21)26-9-15(20)17-11-4-2-3-5-12(11)18(22)23/h2-8H,9H2,1H3,(H,17,20). The first-order chi connectivity index (χ1) is 12.8. The van der Waals surface area contributed by atoms with E-state index in [0.29, 0.717) is 4.90 Å². The largest absolute Gasteiger partial charge is 0.452 e. The van der Waals surface area contributed by atoms with Crippen LogP contribution in [-0.2, 0) is 9.53 Å². The van der Waals surface area contributed by atoms with Crippen LogP contribution in [0.2, 0.25) is 0 Å². The number of anilines is 1. The molecule has 2 aromatic rings. The number of esters is 1. The van der Waals surface area contributed by atoms with Gasteiger partial charge in [-0.25, -0.2) is 4.79 Å². The lowest BCUT2D eigenvalue weighted by Gasteiger charge is -2.07. The quantitative estimate of drug-likeness (QED) is 0.328. The van der Waals surface area contributed by atoms with E-state index in [1.165, 1.54) is 36.4 Å². The van der Waals surface area contributed by atoms with E-state index in [1.807, 2.05) is 0 Å². The van der Waals surface area contributed by atoms with E-state index in [1.54, 1.807) is 6.26 Å². The Morgan fingerprint density at radius 3 is 2.37 bits per heavy atom. The van der Waals surface area contributed by atoms with E-state index in [9.17, 15) is 29.8 Å². The molecule has 140 valence electrons. The van der Waals surface area contributed by atoms with E-state index >= 15 is 0 Å². The molecule has 0 unspecified atom stereocenters. The molecule has 0 aliphatic heterocycles. The Bertz CT molecular complexity index is 917. The number of hydrogen-bond donors (Lipinski definition) is 1. The van der Waals surface area contributed by atoms with Crippen molar-refractivity contribution in [1.82, 2.24) is 0 Å². The molecule has 0 aliphatic carbocycles. The summed E-state index contributed by atoms with van der Waals surface area (Å²) < 4.78 is 4.82. The lowest BCUT2D eigenvalue weighted by molar-refractivity contribution is -0.387. The molecule has 1 amide bonds. The molecule has 0 bridgehead atoms. The summed E-state index contributed by atoms with van der Waals surface area (Å²) in [6, 6.07) is 9.32. The Balaban J connectivity index is 2.03. The fourth-order valence-corrected chi connectivity index (χ4v) is 2.65. The number of nitrogens with zero attached hydrogens (tertiary/aromatic N) is 2. The lowest BCUT2D eigenvalue weighted by Crippen LogP contribution is -2.21. The number of para-hydroxylation sites is 2. The van der Waals surface area contributed by atoms with Gasteiger partial charge in [0, 0.05) is 12.1 Å². The van der Waals surface area contributed by atoms with Gasteiger partial charge in [0.25, 0.3) is 17.3 Å². The number of rotatable bonds is 7. The van der Waals surface area contributed by atoms with E-state index in [4.69, 9.17) is 4.74 Å². The topological polar surface area (TPSA) is 142 Å². The highest BCUT2D eigenvalue weighted by atomic mass is 32.2. The Hall–Kier alpha value is -3.47. The van der Waals surface area contributed by atoms with Gasteiger partial charge in [-0.05, 0) is 24.5 Å². The van der Waals surface area contributed by atoms with E-state index in [-0.39, 0.29) is 22.6 Å². The number of ether oxygens (including phenoxy) is 1. The smallest absolute Gasteiger partial charge is 0.338 e. The zero-order chi connectivity index (χ0) is 20.0. The van der Waals surface area contributed by atoms with Crippen molar-refractivity contribution in [3.8, 4) is 0 Å². The zero-order valence-electron chi connectivity index (χ0n) is 13.9. The highest BCUT2D eigenvalue weighted by Crippen LogP contribution is 2.28. The maximum atomic E-state index is 12.0. The summed E-state index contributed by atoms with van der Waals surface area (Å²) in [6.07, 6.45) is 1.66. The second-order valence-corrected chi connectivity index (χ2v) is 5.89.